The average Bonchev–Trinajstić information content (AvgIpc) is 2.41. The van der Waals surface area contributed by atoms with Gasteiger partial charge in [0.15, 0.2) is 0 Å². The second-order valence-corrected chi connectivity index (χ2v) is 4.53. The highest BCUT2D eigenvalue weighted by atomic mass is 16.1. The molecule has 1 aromatic carbocycles. The van der Waals surface area contributed by atoms with E-state index in [2.05, 4.69) is 40.5 Å². The molecule has 92 valence electrons. The first-order valence-corrected chi connectivity index (χ1v) is 6.38. The minimum Gasteiger partial charge on any atom is -0.357 e. The molecule has 0 aliphatic carbocycles. The van der Waals surface area contributed by atoms with Gasteiger partial charge in [0.2, 0.25) is 6.41 Å². The van der Waals surface area contributed by atoms with Gasteiger partial charge < -0.3 is 5.32 Å². The zero-order valence-electron chi connectivity index (χ0n) is 10.1. The van der Waals surface area contributed by atoms with Crippen LogP contribution in [-0.2, 0) is 4.79 Å². The van der Waals surface area contributed by atoms with Crippen molar-refractivity contribution in [3.63, 3.8) is 0 Å². The molecule has 1 unspecified atom stereocenters. The van der Waals surface area contributed by atoms with Crippen LogP contribution >= 0.6 is 0 Å². The van der Waals surface area contributed by atoms with Gasteiger partial charge >= 0.3 is 0 Å². The van der Waals surface area contributed by atoms with Crippen molar-refractivity contribution in [2.75, 3.05) is 19.6 Å². The van der Waals surface area contributed by atoms with Crippen molar-refractivity contribution < 1.29 is 4.79 Å². The summed E-state index contributed by atoms with van der Waals surface area (Å²) in [6.07, 6.45) is 4.58. The van der Waals surface area contributed by atoms with Crippen molar-refractivity contribution in [3.05, 3.63) is 35.9 Å². The molecule has 0 aromatic heterocycles. The van der Waals surface area contributed by atoms with Crippen LogP contribution in [0, 0.1) is 0 Å². The van der Waals surface area contributed by atoms with Crippen LogP contribution in [0.3, 0.4) is 0 Å². The van der Waals surface area contributed by atoms with E-state index < -0.39 is 0 Å². The number of carbonyl (C=O) groups excluding carboxylic acids is 1. The van der Waals surface area contributed by atoms with Crippen LogP contribution in [0.15, 0.2) is 30.3 Å². The monoisotopic (exact) mass is 232 g/mol. The summed E-state index contributed by atoms with van der Waals surface area (Å²) in [5.74, 6) is 0. The maximum atomic E-state index is 10.3. The fraction of sp³-hybridized carbons (Fsp3) is 0.500. The Labute approximate surface area is 103 Å². The Morgan fingerprint density at radius 2 is 2.12 bits per heavy atom. The highest BCUT2D eigenvalue weighted by molar-refractivity contribution is 5.45. The van der Waals surface area contributed by atoms with Crippen molar-refractivity contribution in [1.82, 2.24) is 10.2 Å². The summed E-state index contributed by atoms with van der Waals surface area (Å²) < 4.78 is 0. The van der Waals surface area contributed by atoms with E-state index in [1.54, 1.807) is 0 Å². The number of rotatable bonds is 5. The van der Waals surface area contributed by atoms with Crippen molar-refractivity contribution >= 4 is 6.41 Å². The summed E-state index contributed by atoms with van der Waals surface area (Å²) in [6, 6.07) is 11.2. The van der Waals surface area contributed by atoms with Gasteiger partial charge in [-0.1, -0.05) is 36.8 Å². The molecule has 1 aromatic rings. The smallest absolute Gasteiger partial charge is 0.207 e. The minimum absolute atomic E-state index is 0.526. The lowest BCUT2D eigenvalue weighted by Crippen LogP contribution is -2.38. The SMILES string of the molecule is O=CNCCN1CCCCC1c1ccccc1. The van der Waals surface area contributed by atoms with Gasteiger partial charge in [-0.3, -0.25) is 9.69 Å². The third kappa shape index (κ3) is 3.30. The molecule has 0 saturated carbocycles. The second kappa shape index (κ2) is 6.40. The molecule has 1 atom stereocenters. The van der Waals surface area contributed by atoms with E-state index in [9.17, 15) is 4.79 Å². The largest absolute Gasteiger partial charge is 0.357 e. The molecule has 0 bridgehead atoms. The molecular weight excluding hydrogens is 212 g/mol. The summed E-state index contributed by atoms with van der Waals surface area (Å²) >= 11 is 0. The molecule has 3 heteroatoms. The van der Waals surface area contributed by atoms with E-state index in [4.69, 9.17) is 0 Å². The lowest BCUT2D eigenvalue weighted by Gasteiger charge is -2.36. The van der Waals surface area contributed by atoms with Gasteiger partial charge in [-0.15, -0.1) is 0 Å². The highest BCUT2D eigenvalue weighted by Crippen LogP contribution is 2.30. The number of nitrogens with one attached hydrogen (secondary N) is 1. The second-order valence-electron chi connectivity index (χ2n) is 4.53. The lowest BCUT2D eigenvalue weighted by molar-refractivity contribution is -0.109. The number of piperidine rings is 1. The Morgan fingerprint density at radius 3 is 2.88 bits per heavy atom. The Balaban J connectivity index is 1.99. The molecule has 1 fully saturated rings. The van der Waals surface area contributed by atoms with Gasteiger partial charge in [0.25, 0.3) is 0 Å². The van der Waals surface area contributed by atoms with Crippen molar-refractivity contribution in [1.29, 1.82) is 0 Å². The highest BCUT2D eigenvalue weighted by Gasteiger charge is 2.22. The van der Waals surface area contributed by atoms with E-state index in [-0.39, 0.29) is 0 Å². The summed E-state index contributed by atoms with van der Waals surface area (Å²) in [5, 5.41) is 2.75. The predicted molar refractivity (Wildman–Crippen MR) is 68.7 cm³/mol. The normalized spacial score (nSPS) is 21.1. The molecule has 17 heavy (non-hydrogen) atoms. The van der Waals surface area contributed by atoms with Crippen LogP contribution in [0.1, 0.15) is 30.9 Å². The molecule has 1 N–H and O–H groups in total. The predicted octanol–water partition coefficient (Wildman–Crippen LogP) is 1.96. The lowest BCUT2D eigenvalue weighted by atomic mass is 9.95. The van der Waals surface area contributed by atoms with Crippen LogP contribution in [-0.4, -0.2) is 30.9 Å². The van der Waals surface area contributed by atoms with E-state index >= 15 is 0 Å². The van der Waals surface area contributed by atoms with Crippen LogP contribution in [0.5, 0.6) is 0 Å². The van der Waals surface area contributed by atoms with Gasteiger partial charge in [-0.2, -0.15) is 0 Å². The maximum absolute atomic E-state index is 10.3. The zero-order valence-corrected chi connectivity index (χ0v) is 10.1. The molecule has 1 aliphatic heterocycles. The van der Waals surface area contributed by atoms with Crippen LogP contribution in [0.25, 0.3) is 0 Å². The number of benzene rings is 1. The molecular formula is C14H20N2O. The Hall–Kier alpha value is -1.35. The molecule has 1 amide bonds. The van der Waals surface area contributed by atoms with Crippen LogP contribution in [0.4, 0.5) is 0 Å². The maximum Gasteiger partial charge on any atom is 0.207 e. The Morgan fingerprint density at radius 1 is 1.29 bits per heavy atom. The Bertz CT molecular complexity index is 339. The molecule has 1 aliphatic rings. The van der Waals surface area contributed by atoms with Crippen LogP contribution in [0.2, 0.25) is 0 Å². The third-order valence-electron chi connectivity index (χ3n) is 3.42. The van der Waals surface area contributed by atoms with Crippen molar-refractivity contribution in [2.45, 2.75) is 25.3 Å². The van der Waals surface area contributed by atoms with E-state index in [0.717, 1.165) is 26.0 Å². The summed E-state index contributed by atoms with van der Waals surface area (Å²) in [5.41, 5.74) is 1.40. The topological polar surface area (TPSA) is 32.3 Å². The van der Waals surface area contributed by atoms with Crippen LogP contribution < -0.4 is 5.32 Å². The number of likely N-dealkylation sites (tertiary alicyclic amines) is 1. The molecule has 2 rings (SSSR count). The number of amides is 1. The van der Waals surface area contributed by atoms with Gasteiger partial charge in [-0.05, 0) is 24.9 Å². The first kappa shape index (κ1) is 12.1. The fourth-order valence-corrected chi connectivity index (χ4v) is 2.58. The number of hydrogen-bond donors (Lipinski definition) is 1. The zero-order chi connectivity index (χ0) is 11.9. The third-order valence-corrected chi connectivity index (χ3v) is 3.42. The summed E-state index contributed by atoms with van der Waals surface area (Å²) in [7, 11) is 0. The number of hydrogen-bond acceptors (Lipinski definition) is 2. The van der Waals surface area contributed by atoms with Gasteiger partial charge in [0.05, 0.1) is 0 Å². The fourth-order valence-electron chi connectivity index (χ4n) is 2.58. The molecule has 0 spiro atoms. The summed E-state index contributed by atoms with van der Waals surface area (Å²) in [6.45, 7) is 2.82. The standard InChI is InChI=1S/C14H20N2O/c17-12-15-9-11-16-10-5-4-8-14(16)13-6-2-1-3-7-13/h1-3,6-7,12,14H,4-5,8-11H2,(H,15,17). The number of carbonyl (C=O) groups is 1. The van der Waals surface area contributed by atoms with E-state index in [1.165, 1.54) is 24.8 Å². The van der Waals surface area contributed by atoms with Gasteiger partial charge in [0.1, 0.15) is 0 Å². The van der Waals surface area contributed by atoms with Crippen molar-refractivity contribution in [3.8, 4) is 0 Å². The van der Waals surface area contributed by atoms with Crippen molar-refractivity contribution in [2.24, 2.45) is 0 Å². The van der Waals surface area contributed by atoms with Gasteiger partial charge in [0, 0.05) is 19.1 Å². The first-order valence-electron chi connectivity index (χ1n) is 6.38. The average molecular weight is 232 g/mol. The molecule has 1 saturated heterocycles. The molecule has 3 nitrogen and oxygen atoms in total. The first-order chi connectivity index (χ1) is 8.42. The van der Waals surface area contributed by atoms with Gasteiger partial charge in [-0.25, -0.2) is 0 Å². The van der Waals surface area contributed by atoms with E-state index in [0.29, 0.717) is 6.04 Å². The minimum atomic E-state index is 0.526. The number of nitrogens with zero attached hydrogens (tertiary/aromatic N) is 1. The Kier molecular flexibility index (Phi) is 4.56. The molecule has 1 heterocycles. The summed E-state index contributed by atoms with van der Waals surface area (Å²) in [4.78, 5) is 12.7. The quantitative estimate of drug-likeness (QED) is 0.621. The van der Waals surface area contributed by atoms with E-state index in [1.807, 2.05) is 0 Å². The molecule has 0 radical (unpaired) electrons.